The summed E-state index contributed by atoms with van der Waals surface area (Å²) in [7, 11) is 1.48. The number of halogens is 4. The molecule has 2 amide bonds. The van der Waals surface area contributed by atoms with Gasteiger partial charge in [-0.05, 0) is 48.4 Å². The van der Waals surface area contributed by atoms with Gasteiger partial charge in [0.25, 0.3) is 5.91 Å². The molecule has 0 aliphatic rings. The molecule has 0 aliphatic heterocycles. The monoisotopic (exact) mass is 461 g/mol. The van der Waals surface area contributed by atoms with Gasteiger partial charge in [0.2, 0.25) is 5.91 Å². The standard InChI is InChI=1S/C23H19F4N3O3/c1-28-22(32)20-13-17(9-10-29-20)33-16-4-2-3-14(11-16)5-8-21(31)30-19-12-15(23(25,26)27)6-7-18(19)24/h2-4,6-7,9-13H,5,8H2,1H3,(H,28,32)(H,30,31). The zero-order valence-corrected chi connectivity index (χ0v) is 17.4. The van der Waals surface area contributed by atoms with E-state index in [-0.39, 0.29) is 24.4 Å². The third kappa shape index (κ3) is 6.52. The molecule has 0 spiro atoms. The lowest BCUT2D eigenvalue weighted by Crippen LogP contribution is -2.18. The van der Waals surface area contributed by atoms with Crippen LogP contribution < -0.4 is 15.4 Å². The number of nitrogens with zero attached hydrogens (tertiary/aromatic N) is 1. The molecule has 0 saturated heterocycles. The van der Waals surface area contributed by atoms with Crippen LogP contribution in [0.3, 0.4) is 0 Å². The Balaban J connectivity index is 1.62. The fourth-order valence-corrected chi connectivity index (χ4v) is 2.90. The number of anilines is 1. The molecule has 3 rings (SSSR count). The molecule has 1 aromatic heterocycles. The van der Waals surface area contributed by atoms with E-state index < -0.39 is 29.2 Å². The third-order valence-electron chi connectivity index (χ3n) is 4.53. The molecule has 0 unspecified atom stereocenters. The normalized spacial score (nSPS) is 11.1. The molecule has 2 N–H and O–H groups in total. The number of carbonyl (C=O) groups excluding carboxylic acids is 2. The van der Waals surface area contributed by atoms with Crippen molar-refractivity contribution in [2.45, 2.75) is 19.0 Å². The van der Waals surface area contributed by atoms with Crippen LogP contribution >= 0.6 is 0 Å². The SMILES string of the molecule is CNC(=O)c1cc(Oc2cccc(CCC(=O)Nc3cc(C(F)(F)F)ccc3F)c2)ccn1. The topological polar surface area (TPSA) is 80.3 Å². The lowest BCUT2D eigenvalue weighted by molar-refractivity contribution is -0.137. The summed E-state index contributed by atoms with van der Waals surface area (Å²) >= 11 is 0. The number of ether oxygens (including phenoxy) is 1. The van der Waals surface area contributed by atoms with Gasteiger partial charge in [-0.3, -0.25) is 14.6 Å². The van der Waals surface area contributed by atoms with E-state index in [0.717, 1.165) is 0 Å². The number of carbonyl (C=O) groups is 2. The van der Waals surface area contributed by atoms with E-state index >= 15 is 0 Å². The predicted octanol–water partition coefficient (Wildman–Crippen LogP) is 4.96. The number of rotatable bonds is 7. The minimum absolute atomic E-state index is 0.0881. The predicted molar refractivity (Wildman–Crippen MR) is 112 cm³/mol. The smallest absolute Gasteiger partial charge is 0.416 e. The van der Waals surface area contributed by atoms with Crippen LogP contribution in [0.4, 0.5) is 23.2 Å². The van der Waals surface area contributed by atoms with Crippen LogP contribution in [0.25, 0.3) is 0 Å². The zero-order chi connectivity index (χ0) is 24.0. The van der Waals surface area contributed by atoms with Crippen molar-refractivity contribution in [1.29, 1.82) is 0 Å². The molecule has 0 saturated carbocycles. The molecule has 0 bridgehead atoms. The van der Waals surface area contributed by atoms with Gasteiger partial charge in [0.1, 0.15) is 23.0 Å². The first-order chi connectivity index (χ1) is 15.7. The van der Waals surface area contributed by atoms with Crippen molar-refractivity contribution < 1.29 is 31.9 Å². The number of nitrogens with one attached hydrogen (secondary N) is 2. The maximum Gasteiger partial charge on any atom is 0.416 e. The van der Waals surface area contributed by atoms with Crippen LogP contribution in [0.2, 0.25) is 0 Å². The van der Waals surface area contributed by atoms with E-state index in [2.05, 4.69) is 15.6 Å². The highest BCUT2D eigenvalue weighted by Crippen LogP contribution is 2.32. The average Bonchev–Trinajstić information content (AvgIpc) is 2.78. The van der Waals surface area contributed by atoms with Crippen LogP contribution in [0.5, 0.6) is 11.5 Å². The van der Waals surface area contributed by atoms with Gasteiger partial charge >= 0.3 is 6.18 Å². The highest BCUT2D eigenvalue weighted by atomic mass is 19.4. The summed E-state index contributed by atoms with van der Waals surface area (Å²) in [5.74, 6) is -1.12. The highest BCUT2D eigenvalue weighted by Gasteiger charge is 2.31. The van der Waals surface area contributed by atoms with Crippen molar-refractivity contribution in [3.05, 3.63) is 83.4 Å². The lowest BCUT2D eigenvalue weighted by atomic mass is 10.1. The van der Waals surface area contributed by atoms with Crippen LogP contribution in [0.15, 0.2) is 60.8 Å². The number of pyridine rings is 1. The Labute approximate surface area is 186 Å². The molecule has 6 nitrogen and oxygen atoms in total. The molecule has 33 heavy (non-hydrogen) atoms. The largest absolute Gasteiger partial charge is 0.457 e. The molecule has 172 valence electrons. The molecule has 2 aromatic carbocycles. The van der Waals surface area contributed by atoms with Crippen molar-refractivity contribution in [1.82, 2.24) is 10.3 Å². The summed E-state index contributed by atoms with van der Waals surface area (Å²) in [6, 6.07) is 11.7. The highest BCUT2D eigenvalue weighted by molar-refractivity contribution is 5.92. The van der Waals surface area contributed by atoms with Crippen molar-refractivity contribution in [3.63, 3.8) is 0 Å². The first-order valence-electron chi connectivity index (χ1n) is 9.77. The van der Waals surface area contributed by atoms with Crippen molar-refractivity contribution in [2.75, 3.05) is 12.4 Å². The molecule has 0 atom stereocenters. The molecular formula is C23H19F4N3O3. The van der Waals surface area contributed by atoms with Gasteiger partial charge in [-0.2, -0.15) is 13.2 Å². The van der Waals surface area contributed by atoms with E-state index in [1.807, 2.05) is 0 Å². The number of aryl methyl sites for hydroxylation is 1. The second-order valence-electron chi connectivity index (χ2n) is 6.95. The molecule has 3 aromatic rings. The Morgan fingerprint density at radius 1 is 1.03 bits per heavy atom. The number of aromatic nitrogens is 1. The molecule has 0 aliphatic carbocycles. The van der Waals surface area contributed by atoms with E-state index in [0.29, 0.717) is 35.3 Å². The first kappa shape index (κ1) is 23.7. The molecule has 0 radical (unpaired) electrons. The Bertz CT molecular complexity index is 1170. The van der Waals surface area contributed by atoms with Crippen LogP contribution in [-0.2, 0) is 17.4 Å². The van der Waals surface area contributed by atoms with Gasteiger partial charge in [-0.15, -0.1) is 0 Å². The molecule has 1 heterocycles. The van der Waals surface area contributed by atoms with E-state index in [4.69, 9.17) is 4.74 Å². The van der Waals surface area contributed by atoms with Crippen LogP contribution in [0, 0.1) is 5.82 Å². The Morgan fingerprint density at radius 3 is 2.52 bits per heavy atom. The molecule has 0 fully saturated rings. The van der Waals surface area contributed by atoms with Gasteiger partial charge < -0.3 is 15.4 Å². The van der Waals surface area contributed by atoms with Gasteiger partial charge in [0, 0.05) is 25.7 Å². The average molecular weight is 461 g/mol. The Kier molecular flexibility index (Phi) is 7.27. The Morgan fingerprint density at radius 2 is 1.79 bits per heavy atom. The van der Waals surface area contributed by atoms with Gasteiger partial charge in [0.15, 0.2) is 0 Å². The van der Waals surface area contributed by atoms with E-state index in [9.17, 15) is 27.2 Å². The van der Waals surface area contributed by atoms with Crippen molar-refractivity contribution in [3.8, 4) is 11.5 Å². The minimum atomic E-state index is -4.65. The number of alkyl halides is 3. The Hall–Kier alpha value is -3.95. The number of hydrogen-bond acceptors (Lipinski definition) is 4. The second kappa shape index (κ2) is 10.1. The summed E-state index contributed by atoms with van der Waals surface area (Å²) in [5, 5.41) is 4.65. The summed E-state index contributed by atoms with van der Waals surface area (Å²) in [6.07, 6.45) is -3.07. The number of benzene rings is 2. The minimum Gasteiger partial charge on any atom is -0.457 e. The zero-order valence-electron chi connectivity index (χ0n) is 17.4. The summed E-state index contributed by atoms with van der Waals surface area (Å²) < 4.78 is 58.0. The quantitative estimate of drug-likeness (QED) is 0.488. The summed E-state index contributed by atoms with van der Waals surface area (Å²) in [5.41, 5.74) is -0.686. The molecular weight excluding hydrogens is 442 g/mol. The van der Waals surface area contributed by atoms with E-state index in [1.165, 1.54) is 19.3 Å². The number of amides is 2. The molecule has 10 heteroatoms. The number of hydrogen-bond donors (Lipinski definition) is 2. The van der Waals surface area contributed by atoms with Crippen molar-refractivity contribution >= 4 is 17.5 Å². The van der Waals surface area contributed by atoms with Crippen LogP contribution in [-0.4, -0.2) is 23.8 Å². The maximum absolute atomic E-state index is 13.8. The van der Waals surface area contributed by atoms with Gasteiger partial charge in [-0.25, -0.2) is 4.39 Å². The summed E-state index contributed by atoms with van der Waals surface area (Å²) in [6.45, 7) is 0. The van der Waals surface area contributed by atoms with Gasteiger partial charge in [-0.1, -0.05) is 12.1 Å². The van der Waals surface area contributed by atoms with Crippen LogP contribution in [0.1, 0.15) is 28.0 Å². The first-order valence-corrected chi connectivity index (χ1v) is 9.77. The van der Waals surface area contributed by atoms with Gasteiger partial charge in [0.05, 0.1) is 11.3 Å². The third-order valence-corrected chi connectivity index (χ3v) is 4.53. The van der Waals surface area contributed by atoms with E-state index in [1.54, 1.807) is 30.3 Å². The summed E-state index contributed by atoms with van der Waals surface area (Å²) in [4.78, 5) is 27.8. The fourth-order valence-electron chi connectivity index (χ4n) is 2.90. The second-order valence-corrected chi connectivity index (χ2v) is 6.95. The maximum atomic E-state index is 13.8. The fraction of sp³-hybridized carbons (Fsp3) is 0.174. The lowest BCUT2D eigenvalue weighted by Gasteiger charge is -2.11. The van der Waals surface area contributed by atoms with Crippen molar-refractivity contribution in [2.24, 2.45) is 0 Å².